The number of nitrogens with one attached hydrogen (secondary N) is 1. The summed E-state index contributed by atoms with van der Waals surface area (Å²) in [6, 6.07) is 9.67. The van der Waals surface area contributed by atoms with Gasteiger partial charge in [-0.1, -0.05) is 65.8 Å². The van der Waals surface area contributed by atoms with Gasteiger partial charge in [0.15, 0.2) is 0 Å². The maximum Gasteiger partial charge on any atom is 0.0434 e. The first-order chi connectivity index (χ1) is 10.0. The molecule has 0 unspecified atom stereocenters. The predicted octanol–water partition coefficient (Wildman–Crippen LogP) is 5.68. The number of hydrogen-bond acceptors (Lipinski definition) is 1. The molecular formula is C20H35N. The summed E-state index contributed by atoms with van der Waals surface area (Å²) < 4.78 is 0. The molecule has 120 valence electrons. The van der Waals surface area contributed by atoms with Gasteiger partial charge in [0.25, 0.3) is 0 Å². The Kier molecular flexibility index (Phi) is 7.45. The van der Waals surface area contributed by atoms with Crippen molar-refractivity contribution in [3.05, 3.63) is 35.4 Å². The summed E-state index contributed by atoms with van der Waals surface area (Å²) in [7, 11) is 0. The Hall–Kier alpha value is -0.820. The molecule has 0 radical (unpaired) electrons. The molecule has 0 aliphatic rings. The molecule has 0 saturated carbocycles. The van der Waals surface area contributed by atoms with Crippen molar-refractivity contribution in [1.29, 1.82) is 0 Å². The molecule has 0 saturated heterocycles. The summed E-state index contributed by atoms with van der Waals surface area (Å²) in [5.74, 6) is 0.700. The molecule has 1 aromatic rings. The lowest BCUT2D eigenvalue weighted by Gasteiger charge is -2.39. The molecule has 1 heteroatoms. The molecule has 0 bridgehead atoms. The quantitative estimate of drug-likeness (QED) is 0.617. The van der Waals surface area contributed by atoms with Crippen molar-refractivity contribution >= 4 is 0 Å². The Morgan fingerprint density at radius 1 is 0.952 bits per heavy atom. The second kappa shape index (κ2) is 8.58. The van der Waals surface area contributed by atoms with E-state index in [1.54, 1.807) is 0 Å². The van der Waals surface area contributed by atoms with Gasteiger partial charge in [-0.25, -0.2) is 0 Å². The first-order valence-corrected chi connectivity index (χ1v) is 8.88. The molecule has 0 aliphatic carbocycles. The molecule has 0 aliphatic heterocycles. The van der Waals surface area contributed by atoms with Gasteiger partial charge in [-0.2, -0.15) is 0 Å². The summed E-state index contributed by atoms with van der Waals surface area (Å²) in [6.45, 7) is 13.8. The van der Waals surface area contributed by atoms with Crippen LogP contribution < -0.4 is 5.32 Å². The van der Waals surface area contributed by atoms with Crippen molar-refractivity contribution in [2.24, 2.45) is 5.92 Å². The van der Waals surface area contributed by atoms with E-state index in [1.807, 2.05) is 0 Å². The molecule has 0 aromatic heterocycles. The van der Waals surface area contributed by atoms with Gasteiger partial charge in [0.05, 0.1) is 0 Å². The fraction of sp³-hybridized carbons (Fsp3) is 0.700. The van der Waals surface area contributed by atoms with E-state index >= 15 is 0 Å². The molecule has 0 spiro atoms. The van der Waals surface area contributed by atoms with Gasteiger partial charge in [-0.15, -0.1) is 0 Å². The maximum atomic E-state index is 4.00. The van der Waals surface area contributed by atoms with Gasteiger partial charge < -0.3 is 5.32 Å². The van der Waals surface area contributed by atoms with E-state index in [9.17, 15) is 0 Å². The standard InChI is InChI=1S/C20H35N/c1-7-18(8-2)21-20(9-3,10-4)19-14-12-11-13-17(19)15-16(5)6/h11-14,16,18,21H,7-10,15H2,1-6H3. The van der Waals surface area contributed by atoms with Crippen LogP contribution in [0.25, 0.3) is 0 Å². The lowest BCUT2D eigenvalue weighted by atomic mass is 9.79. The monoisotopic (exact) mass is 289 g/mol. The third kappa shape index (κ3) is 4.57. The minimum atomic E-state index is 0.127. The second-order valence-corrected chi connectivity index (χ2v) is 6.70. The average molecular weight is 290 g/mol. The Morgan fingerprint density at radius 3 is 2.00 bits per heavy atom. The van der Waals surface area contributed by atoms with Crippen molar-refractivity contribution in [3.63, 3.8) is 0 Å². The highest BCUT2D eigenvalue weighted by molar-refractivity contribution is 5.34. The van der Waals surface area contributed by atoms with Crippen molar-refractivity contribution < 1.29 is 0 Å². The SMILES string of the molecule is CCC(CC)NC(CC)(CC)c1ccccc1CC(C)C. The van der Waals surface area contributed by atoms with Crippen LogP contribution in [0.3, 0.4) is 0 Å². The zero-order valence-electron chi connectivity index (χ0n) is 15.0. The highest BCUT2D eigenvalue weighted by Gasteiger charge is 2.31. The average Bonchev–Trinajstić information content (AvgIpc) is 2.50. The second-order valence-electron chi connectivity index (χ2n) is 6.70. The van der Waals surface area contributed by atoms with E-state index in [-0.39, 0.29) is 5.54 Å². The summed E-state index contributed by atoms with van der Waals surface area (Å²) >= 11 is 0. The van der Waals surface area contributed by atoms with Crippen LogP contribution in [0.1, 0.15) is 78.4 Å². The van der Waals surface area contributed by atoms with Gasteiger partial charge in [-0.3, -0.25) is 0 Å². The van der Waals surface area contributed by atoms with E-state index in [0.29, 0.717) is 12.0 Å². The van der Waals surface area contributed by atoms with Crippen LogP contribution in [0.5, 0.6) is 0 Å². The highest BCUT2D eigenvalue weighted by Crippen LogP contribution is 2.33. The molecule has 0 amide bonds. The zero-order chi connectivity index (χ0) is 15.9. The van der Waals surface area contributed by atoms with Gasteiger partial charge in [0, 0.05) is 11.6 Å². The van der Waals surface area contributed by atoms with Gasteiger partial charge >= 0.3 is 0 Å². The third-order valence-electron chi connectivity index (χ3n) is 4.83. The smallest absolute Gasteiger partial charge is 0.0434 e. The molecule has 1 N–H and O–H groups in total. The molecule has 0 atom stereocenters. The van der Waals surface area contributed by atoms with E-state index in [0.717, 1.165) is 12.8 Å². The summed E-state index contributed by atoms with van der Waals surface area (Å²) in [5, 5.41) is 4.00. The van der Waals surface area contributed by atoms with E-state index < -0.39 is 0 Å². The number of hydrogen-bond donors (Lipinski definition) is 1. The largest absolute Gasteiger partial charge is 0.305 e. The van der Waals surface area contributed by atoms with Crippen molar-refractivity contribution in [2.45, 2.75) is 85.2 Å². The van der Waals surface area contributed by atoms with E-state index in [2.05, 4.69) is 71.1 Å². The normalized spacial score (nSPS) is 12.4. The Balaban J connectivity index is 3.20. The third-order valence-corrected chi connectivity index (χ3v) is 4.83. The Bertz CT molecular complexity index is 400. The zero-order valence-corrected chi connectivity index (χ0v) is 15.0. The minimum Gasteiger partial charge on any atom is -0.305 e. The maximum absolute atomic E-state index is 4.00. The van der Waals surface area contributed by atoms with Crippen LogP contribution in [-0.2, 0) is 12.0 Å². The van der Waals surface area contributed by atoms with Crippen LogP contribution in [0.15, 0.2) is 24.3 Å². The Labute approximate surface area is 132 Å². The van der Waals surface area contributed by atoms with Crippen LogP contribution >= 0.6 is 0 Å². The molecule has 0 fully saturated rings. The summed E-state index contributed by atoms with van der Waals surface area (Å²) in [4.78, 5) is 0. The van der Waals surface area contributed by atoms with Crippen LogP contribution in [-0.4, -0.2) is 6.04 Å². The summed E-state index contributed by atoms with van der Waals surface area (Å²) in [6.07, 6.45) is 5.86. The van der Waals surface area contributed by atoms with E-state index in [4.69, 9.17) is 0 Å². The molecule has 0 heterocycles. The molecule has 1 aromatic carbocycles. The number of benzene rings is 1. The fourth-order valence-corrected chi connectivity index (χ4v) is 3.40. The predicted molar refractivity (Wildman–Crippen MR) is 94.7 cm³/mol. The number of rotatable bonds is 9. The van der Waals surface area contributed by atoms with Crippen molar-refractivity contribution in [2.75, 3.05) is 0 Å². The lowest BCUT2D eigenvalue weighted by molar-refractivity contribution is 0.257. The molecule has 1 nitrogen and oxygen atoms in total. The summed E-state index contributed by atoms with van der Waals surface area (Å²) in [5.41, 5.74) is 3.17. The van der Waals surface area contributed by atoms with Gasteiger partial charge in [-0.05, 0) is 49.1 Å². The van der Waals surface area contributed by atoms with E-state index in [1.165, 1.54) is 30.4 Å². The van der Waals surface area contributed by atoms with Crippen LogP contribution in [0.2, 0.25) is 0 Å². The lowest BCUT2D eigenvalue weighted by Crippen LogP contribution is -2.47. The molecule has 21 heavy (non-hydrogen) atoms. The molecule has 1 rings (SSSR count). The fourth-order valence-electron chi connectivity index (χ4n) is 3.40. The Morgan fingerprint density at radius 2 is 1.52 bits per heavy atom. The van der Waals surface area contributed by atoms with Crippen LogP contribution in [0, 0.1) is 5.92 Å². The minimum absolute atomic E-state index is 0.127. The highest BCUT2D eigenvalue weighted by atomic mass is 15.0. The van der Waals surface area contributed by atoms with Crippen molar-refractivity contribution in [1.82, 2.24) is 5.32 Å². The van der Waals surface area contributed by atoms with Crippen molar-refractivity contribution in [3.8, 4) is 0 Å². The van der Waals surface area contributed by atoms with Gasteiger partial charge in [0.2, 0.25) is 0 Å². The van der Waals surface area contributed by atoms with Crippen LogP contribution in [0.4, 0.5) is 0 Å². The first kappa shape index (κ1) is 18.2. The first-order valence-electron chi connectivity index (χ1n) is 8.88. The topological polar surface area (TPSA) is 12.0 Å². The van der Waals surface area contributed by atoms with Gasteiger partial charge in [0.1, 0.15) is 0 Å². The molecular weight excluding hydrogens is 254 g/mol.